The molecule has 0 aromatic carbocycles. The summed E-state index contributed by atoms with van der Waals surface area (Å²) < 4.78 is 16.7. The lowest BCUT2D eigenvalue weighted by Crippen LogP contribution is -2.30. The Morgan fingerprint density at radius 3 is 1.00 bits per heavy atom. The molecule has 0 saturated carbocycles. The summed E-state index contributed by atoms with van der Waals surface area (Å²) in [4.78, 5) is 37.8. The largest absolute Gasteiger partial charge is 0.462 e. The summed E-state index contributed by atoms with van der Waals surface area (Å²) in [5, 5.41) is 0. The number of rotatable bonds is 45. The average Bonchev–Trinajstić information content (AvgIpc) is 3.26. The van der Waals surface area contributed by atoms with Gasteiger partial charge >= 0.3 is 17.9 Å². The zero-order valence-corrected chi connectivity index (χ0v) is 39.9. The van der Waals surface area contributed by atoms with Crippen molar-refractivity contribution in [1.82, 2.24) is 0 Å². The Hall–Kier alpha value is -3.15. The Bertz CT molecular complexity index is 1160. The molecule has 0 aromatic heterocycles. The van der Waals surface area contributed by atoms with Gasteiger partial charge in [0, 0.05) is 19.3 Å². The fourth-order valence-electron chi connectivity index (χ4n) is 6.94. The SMILES string of the molecule is CC/C=C\C/C=C\C/C=C\C/C=C\C/C=C\C/C=C\CCC(=O)OC[C@@H](COC(=O)CCCCCCCCCCC)OC(=O)CCCCCCCCCCCCCCCCC. The molecule has 0 amide bonds. The van der Waals surface area contributed by atoms with Crippen molar-refractivity contribution in [3.05, 3.63) is 72.9 Å². The Morgan fingerprint density at radius 2 is 0.639 bits per heavy atom. The van der Waals surface area contributed by atoms with Crippen LogP contribution in [0.4, 0.5) is 0 Å². The molecule has 6 nitrogen and oxygen atoms in total. The van der Waals surface area contributed by atoms with Crippen LogP contribution in [0.1, 0.15) is 239 Å². The predicted octanol–water partition coefficient (Wildman–Crippen LogP) is 16.6. The van der Waals surface area contributed by atoms with Gasteiger partial charge in [0.2, 0.25) is 0 Å². The summed E-state index contributed by atoms with van der Waals surface area (Å²) in [6, 6.07) is 0. The van der Waals surface area contributed by atoms with E-state index in [4.69, 9.17) is 14.2 Å². The summed E-state index contributed by atoms with van der Waals surface area (Å²) in [6.07, 6.45) is 61.9. The topological polar surface area (TPSA) is 78.9 Å². The molecular formula is C55H94O6. The molecule has 0 spiro atoms. The van der Waals surface area contributed by atoms with Gasteiger partial charge in [-0.15, -0.1) is 0 Å². The number of unbranched alkanes of at least 4 members (excludes halogenated alkanes) is 22. The highest BCUT2D eigenvalue weighted by Crippen LogP contribution is 2.15. The fraction of sp³-hybridized carbons (Fsp3) is 0.727. The molecule has 0 heterocycles. The number of allylic oxidation sites excluding steroid dienone is 12. The van der Waals surface area contributed by atoms with Gasteiger partial charge < -0.3 is 14.2 Å². The van der Waals surface area contributed by atoms with Crippen LogP contribution in [0.15, 0.2) is 72.9 Å². The van der Waals surface area contributed by atoms with Crippen LogP contribution in [0.2, 0.25) is 0 Å². The van der Waals surface area contributed by atoms with E-state index in [2.05, 4.69) is 87.6 Å². The smallest absolute Gasteiger partial charge is 0.306 e. The van der Waals surface area contributed by atoms with Crippen LogP contribution >= 0.6 is 0 Å². The first kappa shape index (κ1) is 57.9. The lowest BCUT2D eigenvalue weighted by atomic mass is 10.0. The number of hydrogen-bond acceptors (Lipinski definition) is 6. The monoisotopic (exact) mass is 851 g/mol. The van der Waals surface area contributed by atoms with E-state index in [1.54, 1.807) is 0 Å². The molecule has 0 N–H and O–H groups in total. The number of hydrogen-bond donors (Lipinski definition) is 0. The number of carbonyl (C=O) groups is 3. The molecule has 0 fully saturated rings. The maximum atomic E-state index is 12.8. The molecular weight excluding hydrogens is 757 g/mol. The van der Waals surface area contributed by atoms with Crippen molar-refractivity contribution in [3.8, 4) is 0 Å². The Morgan fingerprint density at radius 1 is 0.344 bits per heavy atom. The highest BCUT2D eigenvalue weighted by Gasteiger charge is 2.19. The minimum absolute atomic E-state index is 0.0959. The lowest BCUT2D eigenvalue weighted by Gasteiger charge is -2.18. The molecule has 350 valence electrons. The molecule has 1 atom stereocenters. The van der Waals surface area contributed by atoms with E-state index >= 15 is 0 Å². The third-order valence-electron chi connectivity index (χ3n) is 10.7. The van der Waals surface area contributed by atoms with Gasteiger partial charge in [0.05, 0.1) is 0 Å². The first-order valence-corrected chi connectivity index (χ1v) is 25.4. The Labute approximate surface area is 376 Å². The van der Waals surface area contributed by atoms with Crippen molar-refractivity contribution in [2.24, 2.45) is 0 Å². The summed E-state index contributed by atoms with van der Waals surface area (Å²) in [5.74, 6) is -0.983. The third kappa shape index (κ3) is 47.7. The van der Waals surface area contributed by atoms with Gasteiger partial charge in [0.1, 0.15) is 13.2 Å². The molecule has 0 aliphatic heterocycles. The predicted molar refractivity (Wildman–Crippen MR) is 261 cm³/mol. The van der Waals surface area contributed by atoms with Gasteiger partial charge in [-0.3, -0.25) is 14.4 Å². The van der Waals surface area contributed by atoms with E-state index in [9.17, 15) is 14.4 Å². The Kier molecular flexibility index (Phi) is 46.9. The number of ether oxygens (including phenoxy) is 3. The fourth-order valence-corrected chi connectivity index (χ4v) is 6.94. The zero-order chi connectivity index (χ0) is 44.4. The van der Waals surface area contributed by atoms with E-state index in [0.717, 1.165) is 77.0 Å². The zero-order valence-electron chi connectivity index (χ0n) is 39.9. The quantitative estimate of drug-likeness (QED) is 0.0263. The standard InChI is InChI=1S/C55H94O6/c1-4-7-10-13-16-19-21-23-25-26-27-28-30-31-33-36-39-42-45-48-54(57)60-51-52(50-59-53(56)47-44-41-38-35-18-15-12-9-6-3)61-55(58)49-46-43-40-37-34-32-29-24-22-20-17-14-11-8-5-2/h7,10,16,19,23,25,27-28,31,33,39,42,52H,4-6,8-9,11-15,17-18,20-22,24,26,29-30,32,34-38,40-41,43-51H2,1-3H3/b10-7-,19-16-,25-23-,28-27-,33-31-,42-39-/t52-/m1/s1. The van der Waals surface area contributed by atoms with Crippen LogP contribution in [-0.4, -0.2) is 37.2 Å². The molecule has 61 heavy (non-hydrogen) atoms. The van der Waals surface area contributed by atoms with Crippen molar-refractivity contribution < 1.29 is 28.6 Å². The molecule has 0 aliphatic carbocycles. The number of esters is 3. The van der Waals surface area contributed by atoms with Crippen molar-refractivity contribution in [2.75, 3.05) is 13.2 Å². The second-order valence-electron chi connectivity index (χ2n) is 16.7. The van der Waals surface area contributed by atoms with Gasteiger partial charge in [-0.25, -0.2) is 0 Å². The first-order chi connectivity index (χ1) is 30.0. The van der Waals surface area contributed by atoms with Crippen molar-refractivity contribution >= 4 is 17.9 Å². The molecule has 0 aromatic rings. The van der Waals surface area contributed by atoms with Crippen LogP contribution in [0.3, 0.4) is 0 Å². The maximum absolute atomic E-state index is 12.8. The summed E-state index contributed by atoms with van der Waals surface area (Å²) >= 11 is 0. The molecule has 0 bridgehead atoms. The van der Waals surface area contributed by atoms with E-state index < -0.39 is 6.10 Å². The van der Waals surface area contributed by atoms with Crippen LogP contribution in [-0.2, 0) is 28.6 Å². The van der Waals surface area contributed by atoms with Gasteiger partial charge in [0.15, 0.2) is 6.10 Å². The molecule has 0 aliphatic rings. The molecule has 0 unspecified atom stereocenters. The Balaban J connectivity index is 4.43. The molecule has 0 saturated heterocycles. The van der Waals surface area contributed by atoms with Gasteiger partial charge in [0.25, 0.3) is 0 Å². The van der Waals surface area contributed by atoms with Crippen LogP contribution < -0.4 is 0 Å². The minimum Gasteiger partial charge on any atom is -0.462 e. The first-order valence-electron chi connectivity index (χ1n) is 25.4. The lowest BCUT2D eigenvalue weighted by molar-refractivity contribution is -0.166. The summed E-state index contributed by atoms with van der Waals surface area (Å²) in [7, 11) is 0. The van der Waals surface area contributed by atoms with Crippen LogP contribution in [0, 0.1) is 0 Å². The van der Waals surface area contributed by atoms with Crippen LogP contribution in [0.25, 0.3) is 0 Å². The van der Waals surface area contributed by atoms with Crippen molar-refractivity contribution in [1.29, 1.82) is 0 Å². The normalized spacial score (nSPS) is 12.6. The van der Waals surface area contributed by atoms with Crippen molar-refractivity contribution in [3.63, 3.8) is 0 Å². The van der Waals surface area contributed by atoms with Gasteiger partial charge in [-0.05, 0) is 57.8 Å². The average molecular weight is 851 g/mol. The van der Waals surface area contributed by atoms with E-state index in [1.807, 2.05) is 6.08 Å². The molecule has 6 heteroatoms. The van der Waals surface area contributed by atoms with Crippen LogP contribution in [0.5, 0.6) is 0 Å². The molecule has 0 rings (SSSR count). The highest BCUT2D eigenvalue weighted by molar-refractivity contribution is 5.71. The number of carbonyl (C=O) groups excluding carboxylic acids is 3. The van der Waals surface area contributed by atoms with Crippen molar-refractivity contribution in [2.45, 2.75) is 245 Å². The maximum Gasteiger partial charge on any atom is 0.306 e. The highest BCUT2D eigenvalue weighted by atomic mass is 16.6. The minimum atomic E-state index is -0.800. The van der Waals surface area contributed by atoms with E-state index in [1.165, 1.54) is 116 Å². The van der Waals surface area contributed by atoms with E-state index in [-0.39, 0.29) is 37.5 Å². The second-order valence-corrected chi connectivity index (χ2v) is 16.7. The van der Waals surface area contributed by atoms with Gasteiger partial charge in [-0.1, -0.05) is 235 Å². The summed E-state index contributed by atoms with van der Waals surface area (Å²) in [5.41, 5.74) is 0. The second kappa shape index (κ2) is 49.5. The van der Waals surface area contributed by atoms with Gasteiger partial charge in [-0.2, -0.15) is 0 Å². The summed E-state index contributed by atoms with van der Waals surface area (Å²) in [6.45, 7) is 6.44. The third-order valence-corrected chi connectivity index (χ3v) is 10.7. The molecule has 0 radical (unpaired) electrons. The van der Waals surface area contributed by atoms with E-state index in [0.29, 0.717) is 19.3 Å².